The van der Waals surface area contributed by atoms with Gasteiger partial charge < -0.3 is 10.4 Å². The summed E-state index contributed by atoms with van der Waals surface area (Å²) in [5.74, 6) is -1.22. The monoisotopic (exact) mass is 283 g/mol. The molecule has 0 radical (unpaired) electrons. The molecule has 1 aliphatic rings. The highest BCUT2D eigenvalue weighted by Gasteiger charge is 2.29. The van der Waals surface area contributed by atoms with Crippen LogP contribution < -0.4 is 5.32 Å². The molecule has 0 aliphatic heterocycles. The zero-order valence-corrected chi connectivity index (χ0v) is 12.0. The molecule has 1 aliphatic carbocycles. The van der Waals surface area contributed by atoms with Crippen molar-refractivity contribution in [3.05, 3.63) is 35.4 Å². The summed E-state index contributed by atoms with van der Waals surface area (Å²) in [5, 5.41) is 13.1. The number of nitrogens with one attached hydrogen (secondary N) is 1. The predicted molar refractivity (Wildman–Crippen MR) is 75.4 cm³/mol. The molecule has 0 amide bonds. The van der Waals surface area contributed by atoms with Crippen molar-refractivity contribution in [3.63, 3.8) is 0 Å². The Morgan fingerprint density at radius 2 is 1.65 bits per heavy atom. The van der Waals surface area contributed by atoms with Gasteiger partial charge in [-0.3, -0.25) is 0 Å². The van der Waals surface area contributed by atoms with E-state index in [0.717, 1.165) is 31.7 Å². The van der Waals surface area contributed by atoms with Gasteiger partial charge in [-0.2, -0.15) is 0 Å². The topological polar surface area (TPSA) is 32.3 Å². The van der Waals surface area contributed by atoms with E-state index in [1.54, 1.807) is 6.92 Å². The normalized spacial score (nSPS) is 20.4. The predicted octanol–water partition coefficient (Wildman–Crippen LogP) is 3.48. The van der Waals surface area contributed by atoms with Crippen molar-refractivity contribution in [2.45, 2.75) is 57.0 Å². The zero-order chi connectivity index (χ0) is 14.6. The van der Waals surface area contributed by atoms with E-state index >= 15 is 0 Å². The van der Waals surface area contributed by atoms with Crippen LogP contribution in [-0.4, -0.2) is 17.8 Å². The van der Waals surface area contributed by atoms with Crippen LogP contribution in [0, 0.1) is 11.6 Å². The first kappa shape index (κ1) is 15.4. The summed E-state index contributed by atoms with van der Waals surface area (Å²) >= 11 is 0. The molecule has 0 saturated heterocycles. The number of hydrogen-bond acceptors (Lipinski definition) is 2. The highest BCUT2D eigenvalue weighted by atomic mass is 19.1. The molecule has 0 bridgehead atoms. The molecule has 4 heteroatoms. The second-order valence-corrected chi connectivity index (χ2v) is 5.98. The lowest BCUT2D eigenvalue weighted by atomic mass is 9.90. The van der Waals surface area contributed by atoms with Crippen LogP contribution in [0.25, 0.3) is 0 Å². The number of rotatable bonds is 4. The van der Waals surface area contributed by atoms with Gasteiger partial charge in [0.25, 0.3) is 0 Å². The fourth-order valence-electron chi connectivity index (χ4n) is 2.97. The maximum absolute atomic E-state index is 13.4. The van der Waals surface area contributed by atoms with E-state index in [2.05, 4.69) is 5.32 Å². The van der Waals surface area contributed by atoms with Gasteiger partial charge in [0.05, 0.1) is 12.1 Å². The molecule has 1 unspecified atom stereocenters. The Morgan fingerprint density at radius 3 is 2.15 bits per heavy atom. The molecule has 1 atom stereocenters. The van der Waals surface area contributed by atoms with E-state index in [9.17, 15) is 13.9 Å². The van der Waals surface area contributed by atoms with Crippen molar-refractivity contribution in [2.24, 2.45) is 0 Å². The van der Waals surface area contributed by atoms with Crippen LogP contribution in [0.15, 0.2) is 18.2 Å². The summed E-state index contributed by atoms with van der Waals surface area (Å²) in [6.07, 6.45) is 6.90. The largest absolute Gasteiger partial charge is 0.394 e. The smallest absolute Gasteiger partial charge is 0.126 e. The van der Waals surface area contributed by atoms with Crippen molar-refractivity contribution >= 4 is 0 Å². The van der Waals surface area contributed by atoms with Gasteiger partial charge >= 0.3 is 0 Å². The molecular weight excluding hydrogens is 260 g/mol. The molecule has 0 spiro atoms. The average Bonchev–Trinajstić information content (AvgIpc) is 2.66. The van der Waals surface area contributed by atoms with Crippen LogP contribution in [0.5, 0.6) is 0 Å². The highest BCUT2D eigenvalue weighted by molar-refractivity contribution is 5.26. The quantitative estimate of drug-likeness (QED) is 0.829. The van der Waals surface area contributed by atoms with Crippen molar-refractivity contribution in [1.82, 2.24) is 5.32 Å². The Bertz CT molecular complexity index is 424. The number of aliphatic hydroxyl groups is 1. The van der Waals surface area contributed by atoms with Gasteiger partial charge in [0.1, 0.15) is 11.6 Å². The van der Waals surface area contributed by atoms with Gasteiger partial charge in [-0.15, -0.1) is 0 Å². The van der Waals surface area contributed by atoms with E-state index in [-0.39, 0.29) is 6.61 Å². The molecule has 112 valence electrons. The summed E-state index contributed by atoms with van der Waals surface area (Å²) in [6.45, 7) is 1.61. The third-order valence-corrected chi connectivity index (χ3v) is 4.19. The van der Waals surface area contributed by atoms with Gasteiger partial charge in [-0.25, -0.2) is 8.78 Å². The minimum absolute atomic E-state index is 0.188. The van der Waals surface area contributed by atoms with Gasteiger partial charge in [0.2, 0.25) is 0 Å². The molecule has 1 aromatic rings. The Kier molecular flexibility index (Phi) is 5.11. The second-order valence-electron chi connectivity index (χ2n) is 5.98. The van der Waals surface area contributed by atoms with E-state index in [0.29, 0.717) is 11.6 Å². The minimum atomic E-state index is -0.808. The third kappa shape index (κ3) is 3.76. The van der Waals surface area contributed by atoms with Gasteiger partial charge in [0.15, 0.2) is 0 Å². The highest BCUT2D eigenvalue weighted by Crippen LogP contribution is 2.26. The van der Waals surface area contributed by atoms with Gasteiger partial charge in [-0.05, 0) is 37.5 Å². The average molecular weight is 283 g/mol. The van der Waals surface area contributed by atoms with Crippen LogP contribution in [0.1, 0.15) is 51.0 Å². The maximum Gasteiger partial charge on any atom is 0.126 e. The van der Waals surface area contributed by atoms with E-state index in [1.165, 1.54) is 25.0 Å². The maximum atomic E-state index is 13.4. The van der Waals surface area contributed by atoms with E-state index in [4.69, 9.17) is 0 Å². The fourth-order valence-corrected chi connectivity index (χ4v) is 2.97. The van der Waals surface area contributed by atoms with Crippen molar-refractivity contribution in [3.8, 4) is 0 Å². The molecule has 0 aromatic heterocycles. The minimum Gasteiger partial charge on any atom is -0.394 e. The van der Waals surface area contributed by atoms with Crippen LogP contribution in [0.4, 0.5) is 8.78 Å². The lowest BCUT2D eigenvalue weighted by molar-refractivity contribution is 0.156. The summed E-state index contributed by atoms with van der Waals surface area (Å²) in [6, 6.07) is 3.74. The first-order valence-electron chi connectivity index (χ1n) is 7.38. The van der Waals surface area contributed by atoms with Crippen LogP contribution >= 0.6 is 0 Å². The number of benzene rings is 1. The Balaban J connectivity index is 2.18. The Morgan fingerprint density at radius 1 is 1.10 bits per heavy atom. The third-order valence-electron chi connectivity index (χ3n) is 4.19. The summed E-state index contributed by atoms with van der Waals surface area (Å²) in [4.78, 5) is 0. The first-order valence-corrected chi connectivity index (χ1v) is 7.38. The fraction of sp³-hybridized carbons (Fsp3) is 0.625. The summed E-state index contributed by atoms with van der Waals surface area (Å²) in [7, 11) is 0. The van der Waals surface area contributed by atoms with Crippen molar-refractivity contribution in [1.29, 1.82) is 0 Å². The molecule has 2 N–H and O–H groups in total. The molecule has 0 heterocycles. The molecule has 1 aromatic carbocycles. The van der Waals surface area contributed by atoms with Gasteiger partial charge in [0, 0.05) is 12.1 Å². The molecule has 2 nitrogen and oxygen atoms in total. The number of hydrogen-bond donors (Lipinski definition) is 2. The van der Waals surface area contributed by atoms with Gasteiger partial charge in [-0.1, -0.05) is 25.7 Å². The number of aliphatic hydroxyl groups excluding tert-OH is 1. The van der Waals surface area contributed by atoms with Crippen LogP contribution in [0.2, 0.25) is 0 Å². The van der Waals surface area contributed by atoms with E-state index < -0.39 is 17.2 Å². The standard InChI is InChI=1S/C16H23F2NO/c1-16(11-20,12-8-13(17)10-14(18)9-12)19-15-6-4-2-3-5-7-15/h8-10,15,19-20H,2-7,11H2,1H3. The lowest BCUT2D eigenvalue weighted by Gasteiger charge is -2.34. The number of halogens is 2. The lowest BCUT2D eigenvalue weighted by Crippen LogP contribution is -2.48. The Labute approximate surface area is 119 Å². The first-order chi connectivity index (χ1) is 9.53. The van der Waals surface area contributed by atoms with E-state index in [1.807, 2.05) is 0 Å². The Hall–Kier alpha value is -1.00. The molecule has 1 saturated carbocycles. The summed E-state index contributed by atoms with van der Waals surface area (Å²) in [5.41, 5.74) is -0.348. The second kappa shape index (κ2) is 6.64. The SMILES string of the molecule is CC(CO)(NC1CCCCCC1)c1cc(F)cc(F)c1. The summed E-state index contributed by atoms with van der Waals surface area (Å²) < 4.78 is 26.8. The van der Waals surface area contributed by atoms with Crippen molar-refractivity contribution < 1.29 is 13.9 Å². The molecule has 2 rings (SSSR count). The van der Waals surface area contributed by atoms with Crippen molar-refractivity contribution in [2.75, 3.05) is 6.61 Å². The zero-order valence-electron chi connectivity index (χ0n) is 12.0. The molecular formula is C16H23F2NO. The van der Waals surface area contributed by atoms with Crippen LogP contribution in [-0.2, 0) is 5.54 Å². The molecule has 1 fully saturated rings. The molecule has 20 heavy (non-hydrogen) atoms. The van der Waals surface area contributed by atoms with Crippen LogP contribution in [0.3, 0.4) is 0 Å².